The van der Waals surface area contributed by atoms with Gasteiger partial charge in [0.25, 0.3) is 0 Å². The fourth-order valence-corrected chi connectivity index (χ4v) is 4.39. The number of carbonyl (C=O) groups excluding carboxylic acids is 1. The van der Waals surface area contributed by atoms with Gasteiger partial charge in [0.15, 0.2) is 15.6 Å². The van der Waals surface area contributed by atoms with Gasteiger partial charge in [-0.2, -0.15) is 0 Å². The van der Waals surface area contributed by atoms with Crippen molar-refractivity contribution in [2.75, 3.05) is 12.9 Å². The Morgan fingerprint density at radius 2 is 1.61 bits per heavy atom. The van der Waals surface area contributed by atoms with Crippen molar-refractivity contribution in [3.63, 3.8) is 0 Å². The first kappa shape index (κ1) is 19.4. The van der Waals surface area contributed by atoms with Gasteiger partial charge in [0.1, 0.15) is 11.5 Å². The Morgan fingerprint density at radius 3 is 2.00 bits per heavy atom. The minimum absolute atomic E-state index is 0.250. The minimum Gasteiger partial charge on any atom is -0.500 e. The van der Waals surface area contributed by atoms with Crippen LogP contribution < -0.4 is 0 Å². The largest absolute Gasteiger partial charge is 0.500 e. The Balaban J connectivity index is 3.18. The zero-order valence-electron chi connectivity index (χ0n) is 15.0. The number of carbonyl (C=O) groups is 1. The lowest BCUT2D eigenvalue weighted by Gasteiger charge is -2.21. The van der Waals surface area contributed by atoms with Gasteiger partial charge in [0.2, 0.25) is 0 Å². The van der Waals surface area contributed by atoms with E-state index in [1.807, 2.05) is 39.8 Å². The van der Waals surface area contributed by atoms with E-state index in [1.54, 1.807) is 13.8 Å². The van der Waals surface area contributed by atoms with Gasteiger partial charge in [-0.3, -0.25) is 4.79 Å². The van der Waals surface area contributed by atoms with Crippen LogP contribution in [-0.4, -0.2) is 27.1 Å². The van der Waals surface area contributed by atoms with Crippen molar-refractivity contribution in [1.29, 1.82) is 0 Å². The summed E-state index contributed by atoms with van der Waals surface area (Å²) in [4.78, 5) is 12.5. The lowest BCUT2D eigenvalue weighted by molar-refractivity contribution is -0.112. The van der Waals surface area contributed by atoms with E-state index in [-0.39, 0.29) is 10.3 Å². The van der Waals surface area contributed by atoms with E-state index in [0.717, 1.165) is 5.56 Å². The number of hydrogen-bond acceptors (Lipinski definition) is 4. The Labute approximate surface area is 139 Å². The maximum absolute atomic E-state index is 12.6. The summed E-state index contributed by atoms with van der Waals surface area (Å²) in [6.45, 7) is 11.1. The van der Waals surface area contributed by atoms with Gasteiger partial charge in [0.05, 0.1) is 12.0 Å². The number of ketones is 1. The van der Waals surface area contributed by atoms with Crippen molar-refractivity contribution in [2.45, 2.75) is 46.4 Å². The summed E-state index contributed by atoms with van der Waals surface area (Å²) in [5.41, 5.74) is 1.98. The molecule has 0 heterocycles. The summed E-state index contributed by atoms with van der Waals surface area (Å²) >= 11 is 0. The Morgan fingerprint density at radius 1 is 1.13 bits per heavy atom. The van der Waals surface area contributed by atoms with E-state index < -0.39 is 21.4 Å². The minimum atomic E-state index is -3.69. The van der Waals surface area contributed by atoms with Gasteiger partial charge in [-0.25, -0.2) is 8.42 Å². The molecule has 5 heteroatoms. The Bertz CT molecular complexity index is 712. The van der Waals surface area contributed by atoms with Crippen LogP contribution in [0.15, 0.2) is 28.9 Å². The lowest BCUT2D eigenvalue weighted by Crippen LogP contribution is -2.19. The number of methoxy groups -OCH3 is 1. The SMILES string of the molecule is CO/C(=C\C(=O)CS(=O)(=O)c1c(C)cc(C)cc1C)C(C)(C)C. The molecule has 1 aromatic carbocycles. The highest BCUT2D eigenvalue weighted by Crippen LogP contribution is 2.26. The zero-order valence-corrected chi connectivity index (χ0v) is 15.8. The number of ether oxygens (including phenoxy) is 1. The van der Waals surface area contributed by atoms with Crippen LogP contribution in [-0.2, 0) is 19.4 Å². The third-order valence-corrected chi connectivity index (χ3v) is 5.43. The molecule has 0 aromatic heterocycles. The topological polar surface area (TPSA) is 60.4 Å². The van der Waals surface area contributed by atoms with Crippen molar-refractivity contribution in [3.05, 3.63) is 40.7 Å². The van der Waals surface area contributed by atoms with E-state index in [2.05, 4.69) is 0 Å². The molecule has 1 rings (SSSR count). The molecular weight excluding hydrogens is 312 g/mol. The molecule has 0 bridgehead atoms. The van der Waals surface area contributed by atoms with Crippen LogP contribution in [0.3, 0.4) is 0 Å². The van der Waals surface area contributed by atoms with Crippen LogP contribution >= 0.6 is 0 Å². The molecule has 23 heavy (non-hydrogen) atoms. The maximum Gasteiger partial charge on any atom is 0.186 e. The van der Waals surface area contributed by atoms with Crippen LogP contribution in [0.25, 0.3) is 0 Å². The quantitative estimate of drug-likeness (QED) is 0.609. The summed E-state index contributed by atoms with van der Waals surface area (Å²) < 4.78 is 30.5. The molecule has 0 radical (unpaired) electrons. The Kier molecular flexibility index (Phi) is 5.80. The number of benzene rings is 1. The number of allylic oxidation sites excluding steroid dienone is 2. The monoisotopic (exact) mass is 338 g/mol. The van der Waals surface area contributed by atoms with Gasteiger partial charge in [-0.15, -0.1) is 0 Å². The van der Waals surface area contributed by atoms with Crippen LogP contribution in [0.1, 0.15) is 37.5 Å². The summed E-state index contributed by atoms with van der Waals surface area (Å²) in [5, 5.41) is 0. The molecule has 1 aromatic rings. The molecule has 0 saturated heterocycles. The second kappa shape index (κ2) is 6.87. The molecule has 0 N–H and O–H groups in total. The second-order valence-corrected chi connectivity index (χ2v) is 8.84. The van der Waals surface area contributed by atoms with Crippen molar-refractivity contribution < 1.29 is 17.9 Å². The summed E-state index contributed by atoms with van der Waals surface area (Å²) in [6, 6.07) is 3.63. The van der Waals surface area contributed by atoms with Crippen molar-refractivity contribution in [1.82, 2.24) is 0 Å². The maximum atomic E-state index is 12.6. The van der Waals surface area contributed by atoms with Crippen molar-refractivity contribution in [3.8, 4) is 0 Å². The molecular formula is C18H26O4S. The lowest BCUT2D eigenvalue weighted by atomic mass is 9.93. The number of sulfone groups is 1. The molecule has 0 saturated carbocycles. The number of hydrogen-bond donors (Lipinski definition) is 0. The highest BCUT2D eigenvalue weighted by Gasteiger charge is 2.25. The van der Waals surface area contributed by atoms with E-state index in [1.165, 1.54) is 13.2 Å². The van der Waals surface area contributed by atoms with Gasteiger partial charge in [-0.05, 0) is 31.9 Å². The average molecular weight is 338 g/mol. The van der Waals surface area contributed by atoms with Crippen molar-refractivity contribution >= 4 is 15.6 Å². The fraction of sp³-hybridized carbons (Fsp3) is 0.500. The zero-order chi connectivity index (χ0) is 18.0. The average Bonchev–Trinajstić information content (AvgIpc) is 2.31. The van der Waals surface area contributed by atoms with E-state index in [4.69, 9.17) is 4.74 Å². The van der Waals surface area contributed by atoms with Gasteiger partial charge in [-0.1, -0.05) is 38.5 Å². The van der Waals surface area contributed by atoms with Crippen LogP contribution in [0.4, 0.5) is 0 Å². The molecule has 0 fully saturated rings. The highest BCUT2D eigenvalue weighted by molar-refractivity contribution is 7.92. The van der Waals surface area contributed by atoms with Gasteiger partial charge >= 0.3 is 0 Å². The molecule has 128 valence electrons. The molecule has 0 aliphatic rings. The number of aryl methyl sites for hydroxylation is 3. The molecule has 0 atom stereocenters. The van der Waals surface area contributed by atoms with E-state index >= 15 is 0 Å². The number of rotatable bonds is 5. The van der Waals surface area contributed by atoms with Crippen LogP contribution in [0.5, 0.6) is 0 Å². The standard InChI is InChI=1S/C18H26O4S/c1-12-8-13(2)17(14(3)9-12)23(20,21)11-15(19)10-16(22-7)18(4,5)6/h8-10H,11H2,1-7H3/b16-10-. The third-order valence-electron chi connectivity index (χ3n) is 3.50. The van der Waals surface area contributed by atoms with Gasteiger partial charge in [0, 0.05) is 11.5 Å². The first-order valence-electron chi connectivity index (χ1n) is 7.48. The third kappa shape index (κ3) is 4.93. The van der Waals surface area contributed by atoms with Crippen LogP contribution in [0.2, 0.25) is 0 Å². The Hall–Kier alpha value is -1.62. The molecule has 0 aliphatic heterocycles. The smallest absolute Gasteiger partial charge is 0.186 e. The molecule has 0 spiro atoms. The molecule has 0 aliphatic carbocycles. The molecule has 4 nitrogen and oxygen atoms in total. The first-order valence-corrected chi connectivity index (χ1v) is 9.13. The summed E-state index contributed by atoms with van der Waals surface area (Å²) in [5.74, 6) is -0.563. The fourth-order valence-electron chi connectivity index (χ4n) is 2.69. The molecule has 0 amide bonds. The first-order chi connectivity index (χ1) is 10.4. The van der Waals surface area contributed by atoms with Crippen molar-refractivity contribution in [2.24, 2.45) is 5.41 Å². The van der Waals surface area contributed by atoms with Gasteiger partial charge < -0.3 is 4.74 Å². The van der Waals surface area contributed by atoms with E-state index in [9.17, 15) is 13.2 Å². The van der Waals surface area contributed by atoms with E-state index in [0.29, 0.717) is 16.9 Å². The normalized spacial score (nSPS) is 13.1. The summed E-state index contributed by atoms with van der Waals surface area (Å²) in [7, 11) is -2.21. The summed E-state index contributed by atoms with van der Waals surface area (Å²) in [6.07, 6.45) is 1.29. The van der Waals surface area contributed by atoms with Crippen LogP contribution in [0, 0.1) is 26.2 Å². The predicted molar refractivity (Wildman–Crippen MR) is 92.3 cm³/mol. The molecule has 0 unspecified atom stereocenters. The predicted octanol–water partition coefficient (Wildman–Crippen LogP) is 3.53. The highest BCUT2D eigenvalue weighted by atomic mass is 32.2. The second-order valence-electron chi connectivity index (χ2n) is 6.92.